The van der Waals surface area contributed by atoms with E-state index in [1.807, 2.05) is 0 Å². The van der Waals surface area contributed by atoms with Gasteiger partial charge in [-0.25, -0.2) is 9.97 Å². The van der Waals surface area contributed by atoms with Crippen molar-refractivity contribution in [2.75, 3.05) is 45.2 Å². The second kappa shape index (κ2) is 6.89. The molecular weight excluding hydrogens is 296 g/mol. The largest absolute Gasteiger partial charge is 0.380 e. The van der Waals surface area contributed by atoms with E-state index in [4.69, 9.17) is 4.74 Å². The Morgan fingerprint density at radius 2 is 2.32 bits per heavy atom. The van der Waals surface area contributed by atoms with Gasteiger partial charge in [-0.05, 0) is 26.0 Å². The summed E-state index contributed by atoms with van der Waals surface area (Å²) in [5, 5.41) is 4.75. The van der Waals surface area contributed by atoms with Gasteiger partial charge in [0.1, 0.15) is 17.0 Å². The Bertz CT molecular complexity index is 642. The average Bonchev–Trinajstić information content (AvgIpc) is 2.69. The average molecular weight is 320 g/mol. The Balaban J connectivity index is 1.78. The van der Waals surface area contributed by atoms with Gasteiger partial charge in [-0.1, -0.05) is 6.92 Å². The number of anilines is 1. The van der Waals surface area contributed by atoms with Crippen LogP contribution in [-0.4, -0.2) is 54.8 Å². The Morgan fingerprint density at radius 3 is 3.14 bits per heavy atom. The fourth-order valence-electron chi connectivity index (χ4n) is 3.08. The van der Waals surface area contributed by atoms with Crippen molar-refractivity contribution in [2.45, 2.75) is 20.3 Å². The number of likely N-dealkylation sites (N-methyl/N-ethyl adjacent to an activating group) is 1. The Kier molecular flexibility index (Phi) is 4.90. The van der Waals surface area contributed by atoms with Crippen molar-refractivity contribution in [3.8, 4) is 0 Å². The number of hydrogen-bond donors (Lipinski definition) is 1. The van der Waals surface area contributed by atoms with E-state index in [0.717, 1.165) is 49.9 Å². The normalized spacial score (nSPS) is 20.2. The molecule has 6 heteroatoms. The van der Waals surface area contributed by atoms with Crippen LogP contribution in [0.25, 0.3) is 10.2 Å². The highest BCUT2D eigenvalue weighted by Crippen LogP contribution is 2.33. The van der Waals surface area contributed by atoms with Gasteiger partial charge in [-0.15, -0.1) is 11.3 Å². The monoisotopic (exact) mass is 320 g/mol. The van der Waals surface area contributed by atoms with Gasteiger partial charge in [0.05, 0.1) is 18.6 Å². The lowest BCUT2D eigenvalue weighted by molar-refractivity contribution is 0.125. The van der Waals surface area contributed by atoms with E-state index in [9.17, 15) is 0 Å². The molecule has 1 atom stereocenters. The lowest BCUT2D eigenvalue weighted by atomic mass is 10.1. The zero-order chi connectivity index (χ0) is 15.5. The summed E-state index contributed by atoms with van der Waals surface area (Å²) < 4.78 is 5.69. The van der Waals surface area contributed by atoms with Crippen LogP contribution < -0.4 is 5.32 Å². The summed E-state index contributed by atoms with van der Waals surface area (Å²) in [5.74, 6) is 1.46. The van der Waals surface area contributed by atoms with Gasteiger partial charge in [0.2, 0.25) is 0 Å². The van der Waals surface area contributed by atoms with Crippen molar-refractivity contribution >= 4 is 27.4 Å². The van der Waals surface area contributed by atoms with Crippen LogP contribution >= 0.6 is 11.3 Å². The fraction of sp³-hybridized carbons (Fsp3) is 0.625. The molecule has 0 radical (unpaired) electrons. The van der Waals surface area contributed by atoms with Gasteiger partial charge in [0.25, 0.3) is 0 Å². The third kappa shape index (κ3) is 3.24. The van der Waals surface area contributed by atoms with Crippen molar-refractivity contribution in [3.63, 3.8) is 0 Å². The number of rotatable bonds is 4. The first-order valence-corrected chi connectivity index (χ1v) is 8.73. The molecule has 1 aliphatic rings. The summed E-state index contributed by atoms with van der Waals surface area (Å²) in [4.78, 5) is 13.7. The van der Waals surface area contributed by atoms with E-state index in [-0.39, 0.29) is 0 Å². The van der Waals surface area contributed by atoms with E-state index in [0.29, 0.717) is 5.92 Å². The zero-order valence-corrected chi connectivity index (χ0v) is 14.4. The highest BCUT2D eigenvalue weighted by Gasteiger charge is 2.18. The summed E-state index contributed by atoms with van der Waals surface area (Å²) in [6.45, 7) is 8.96. The molecule has 120 valence electrons. The van der Waals surface area contributed by atoms with Crippen LogP contribution in [0.1, 0.15) is 17.4 Å². The van der Waals surface area contributed by atoms with Crippen LogP contribution in [-0.2, 0) is 11.2 Å². The van der Waals surface area contributed by atoms with Gasteiger partial charge < -0.3 is 15.0 Å². The number of hydrogen-bond acceptors (Lipinski definition) is 6. The lowest BCUT2D eigenvalue weighted by Crippen LogP contribution is -2.30. The maximum absolute atomic E-state index is 5.69. The zero-order valence-electron chi connectivity index (χ0n) is 13.6. The molecule has 0 unspecified atom stereocenters. The topological polar surface area (TPSA) is 50.3 Å². The molecule has 22 heavy (non-hydrogen) atoms. The first-order chi connectivity index (χ1) is 10.7. The quantitative estimate of drug-likeness (QED) is 0.938. The van der Waals surface area contributed by atoms with Crippen LogP contribution in [0.2, 0.25) is 0 Å². The van der Waals surface area contributed by atoms with Gasteiger partial charge in [-0.2, -0.15) is 0 Å². The molecule has 1 N–H and O–H groups in total. The van der Waals surface area contributed by atoms with Crippen molar-refractivity contribution < 1.29 is 4.74 Å². The second-order valence-electron chi connectivity index (χ2n) is 5.98. The molecular formula is C16H24N4OS. The van der Waals surface area contributed by atoms with E-state index >= 15 is 0 Å². The van der Waals surface area contributed by atoms with Crippen LogP contribution in [0.3, 0.4) is 0 Å². The minimum absolute atomic E-state index is 0.488. The van der Waals surface area contributed by atoms with Gasteiger partial charge >= 0.3 is 0 Å². The van der Waals surface area contributed by atoms with Crippen molar-refractivity contribution in [1.82, 2.24) is 14.9 Å². The number of thiophene rings is 1. The summed E-state index contributed by atoms with van der Waals surface area (Å²) in [7, 11) is 2.15. The number of fused-ring (bicyclic) bond motifs is 1. The molecule has 2 aromatic rings. The van der Waals surface area contributed by atoms with E-state index in [1.54, 1.807) is 17.7 Å². The molecule has 1 fully saturated rings. The summed E-state index contributed by atoms with van der Waals surface area (Å²) >= 11 is 1.76. The van der Waals surface area contributed by atoms with Gasteiger partial charge in [0, 0.05) is 30.4 Å². The molecule has 1 saturated heterocycles. The number of ether oxygens (including phenoxy) is 1. The van der Waals surface area contributed by atoms with E-state index in [2.05, 4.69) is 41.1 Å². The third-order valence-corrected chi connectivity index (χ3v) is 5.30. The Labute approximate surface area is 135 Å². The smallest absolute Gasteiger partial charge is 0.138 e. The first-order valence-electron chi connectivity index (χ1n) is 7.92. The van der Waals surface area contributed by atoms with Crippen LogP contribution in [0.5, 0.6) is 0 Å². The Hall–Kier alpha value is -1.24. The van der Waals surface area contributed by atoms with E-state index < -0.39 is 0 Å². The molecule has 3 rings (SSSR count). The molecule has 0 aromatic carbocycles. The van der Waals surface area contributed by atoms with Gasteiger partial charge in [-0.3, -0.25) is 0 Å². The summed E-state index contributed by atoms with van der Waals surface area (Å²) in [6.07, 6.45) is 2.68. The fourth-order valence-corrected chi connectivity index (χ4v) is 4.16. The van der Waals surface area contributed by atoms with Crippen molar-refractivity contribution in [3.05, 3.63) is 16.8 Å². The minimum Gasteiger partial charge on any atom is -0.380 e. The maximum Gasteiger partial charge on any atom is 0.138 e. The second-order valence-corrected chi connectivity index (χ2v) is 7.18. The molecule has 0 bridgehead atoms. The molecule has 3 heterocycles. The van der Waals surface area contributed by atoms with Crippen molar-refractivity contribution in [2.24, 2.45) is 5.92 Å². The van der Waals surface area contributed by atoms with Crippen LogP contribution in [0.4, 0.5) is 5.82 Å². The Morgan fingerprint density at radius 1 is 1.45 bits per heavy atom. The SMILES string of the molecule is CCc1c(C)sc2ncnc(NC[C@H]3COCCN(C)C3)c12. The minimum atomic E-state index is 0.488. The lowest BCUT2D eigenvalue weighted by Gasteiger charge is -2.19. The standard InChI is InChI=1S/C16H24N4OS/c1-4-13-11(2)22-16-14(13)15(18-10-19-16)17-7-12-8-20(3)5-6-21-9-12/h10,12H,4-9H2,1-3H3,(H,17,18,19)/t12-/m1/s1. The number of aryl methyl sites for hydroxylation is 2. The summed E-state index contributed by atoms with van der Waals surface area (Å²) in [6, 6.07) is 0. The molecule has 0 saturated carbocycles. The molecule has 5 nitrogen and oxygen atoms in total. The highest BCUT2D eigenvalue weighted by atomic mass is 32.1. The van der Waals surface area contributed by atoms with Crippen molar-refractivity contribution in [1.29, 1.82) is 0 Å². The predicted molar refractivity (Wildman–Crippen MR) is 91.8 cm³/mol. The highest BCUT2D eigenvalue weighted by molar-refractivity contribution is 7.18. The first kappa shape index (κ1) is 15.6. The third-order valence-electron chi connectivity index (χ3n) is 4.24. The maximum atomic E-state index is 5.69. The van der Waals surface area contributed by atoms with Crippen LogP contribution in [0, 0.1) is 12.8 Å². The number of nitrogens with one attached hydrogen (secondary N) is 1. The summed E-state index contributed by atoms with van der Waals surface area (Å²) in [5.41, 5.74) is 1.37. The van der Waals surface area contributed by atoms with Crippen LogP contribution in [0.15, 0.2) is 6.33 Å². The molecule has 2 aromatic heterocycles. The molecule has 0 spiro atoms. The predicted octanol–water partition coefficient (Wildman–Crippen LogP) is 2.55. The molecule has 1 aliphatic heterocycles. The molecule has 0 aliphatic carbocycles. The van der Waals surface area contributed by atoms with Gasteiger partial charge in [0.15, 0.2) is 0 Å². The number of nitrogens with zero attached hydrogens (tertiary/aromatic N) is 3. The molecule has 0 amide bonds. The number of aromatic nitrogens is 2. The van der Waals surface area contributed by atoms with E-state index in [1.165, 1.54) is 15.8 Å².